The summed E-state index contributed by atoms with van der Waals surface area (Å²) in [6, 6.07) is 6.16. The van der Waals surface area contributed by atoms with Gasteiger partial charge in [0, 0.05) is 13.6 Å². The Morgan fingerprint density at radius 1 is 1.27 bits per heavy atom. The van der Waals surface area contributed by atoms with Crippen LogP contribution in [0.5, 0.6) is 0 Å². The normalized spacial score (nSPS) is 16.3. The standard InChI is InChI=1S/C19H28N6O/c1-5-20-18(26)24(4)19(11-7-6-8-12-19)17-21-22-23-25(17)16-10-9-14(2)13-15(16)3/h9-10,13H,5-8,11-12H2,1-4H3,(H,20,26). The van der Waals surface area contributed by atoms with Crippen molar-refractivity contribution in [1.82, 2.24) is 30.4 Å². The summed E-state index contributed by atoms with van der Waals surface area (Å²) in [4.78, 5) is 14.4. The average molecular weight is 356 g/mol. The van der Waals surface area contributed by atoms with Crippen molar-refractivity contribution in [2.24, 2.45) is 0 Å². The summed E-state index contributed by atoms with van der Waals surface area (Å²) in [7, 11) is 1.86. The molecule has 140 valence electrons. The maximum atomic E-state index is 12.6. The minimum Gasteiger partial charge on any atom is -0.338 e. The number of amides is 2. The van der Waals surface area contributed by atoms with E-state index in [1.807, 2.05) is 24.7 Å². The van der Waals surface area contributed by atoms with Crippen LogP contribution in [0.3, 0.4) is 0 Å². The second kappa shape index (κ2) is 7.43. The second-order valence-corrected chi connectivity index (χ2v) is 7.19. The summed E-state index contributed by atoms with van der Waals surface area (Å²) < 4.78 is 1.82. The minimum absolute atomic E-state index is 0.0791. The van der Waals surface area contributed by atoms with Gasteiger partial charge in [-0.05, 0) is 55.7 Å². The third-order valence-electron chi connectivity index (χ3n) is 5.42. The van der Waals surface area contributed by atoms with Crippen LogP contribution < -0.4 is 5.32 Å². The summed E-state index contributed by atoms with van der Waals surface area (Å²) in [5, 5.41) is 15.6. The summed E-state index contributed by atoms with van der Waals surface area (Å²) in [5.41, 5.74) is 2.79. The van der Waals surface area contributed by atoms with Crippen molar-refractivity contribution in [1.29, 1.82) is 0 Å². The number of hydrogen-bond acceptors (Lipinski definition) is 4. The van der Waals surface area contributed by atoms with E-state index in [1.54, 1.807) is 4.90 Å². The minimum atomic E-state index is -0.488. The summed E-state index contributed by atoms with van der Waals surface area (Å²) >= 11 is 0. The van der Waals surface area contributed by atoms with E-state index in [2.05, 4.69) is 46.8 Å². The summed E-state index contributed by atoms with van der Waals surface area (Å²) in [6.07, 6.45) is 5.03. The summed E-state index contributed by atoms with van der Waals surface area (Å²) in [6.45, 7) is 6.66. The van der Waals surface area contributed by atoms with Gasteiger partial charge in [-0.2, -0.15) is 4.68 Å². The van der Waals surface area contributed by atoms with Crippen LogP contribution in [0.25, 0.3) is 5.69 Å². The third-order valence-corrected chi connectivity index (χ3v) is 5.42. The smallest absolute Gasteiger partial charge is 0.317 e. The molecule has 2 amide bonds. The summed E-state index contributed by atoms with van der Waals surface area (Å²) in [5.74, 6) is 0.748. The SMILES string of the molecule is CCNC(=O)N(C)C1(c2nnnn2-c2ccc(C)cc2C)CCCCC1. The molecule has 0 radical (unpaired) electrons. The Bertz CT molecular complexity index is 778. The molecule has 2 aromatic rings. The monoisotopic (exact) mass is 356 g/mol. The van der Waals surface area contributed by atoms with Crippen molar-refractivity contribution < 1.29 is 4.79 Å². The van der Waals surface area contributed by atoms with Crippen molar-refractivity contribution in [3.8, 4) is 5.69 Å². The molecule has 0 unspecified atom stereocenters. The first-order chi connectivity index (χ1) is 12.5. The van der Waals surface area contributed by atoms with Gasteiger partial charge in [0.2, 0.25) is 0 Å². The molecule has 1 aromatic heterocycles. The van der Waals surface area contributed by atoms with E-state index in [1.165, 1.54) is 12.0 Å². The molecule has 7 nitrogen and oxygen atoms in total. The van der Waals surface area contributed by atoms with Gasteiger partial charge in [-0.1, -0.05) is 37.0 Å². The Hall–Kier alpha value is -2.44. The number of nitrogens with zero attached hydrogens (tertiary/aromatic N) is 5. The highest BCUT2D eigenvalue weighted by Crippen LogP contribution is 2.41. The molecule has 26 heavy (non-hydrogen) atoms. The third kappa shape index (κ3) is 3.18. The first kappa shape index (κ1) is 18.4. The molecule has 1 saturated carbocycles. The Kier molecular flexibility index (Phi) is 5.25. The van der Waals surface area contributed by atoms with E-state index in [0.717, 1.165) is 42.8 Å². The van der Waals surface area contributed by atoms with E-state index < -0.39 is 5.54 Å². The van der Waals surface area contributed by atoms with Crippen molar-refractivity contribution in [2.75, 3.05) is 13.6 Å². The van der Waals surface area contributed by atoms with Crippen molar-refractivity contribution in [3.63, 3.8) is 0 Å². The van der Waals surface area contributed by atoms with Gasteiger partial charge in [0.1, 0.15) is 5.54 Å². The number of aryl methyl sites for hydroxylation is 2. The van der Waals surface area contributed by atoms with E-state index in [0.29, 0.717) is 6.54 Å². The van der Waals surface area contributed by atoms with Crippen LogP contribution in [0.15, 0.2) is 18.2 Å². The molecule has 0 atom stereocenters. The van der Waals surface area contributed by atoms with Crippen LogP contribution in [0.1, 0.15) is 56.0 Å². The predicted molar refractivity (Wildman–Crippen MR) is 100 cm³/mol. The lowest BCUT2D eigenvalue weighted by molar-refractivity contribution is 0.0865. The lowest BCUT2D eigenvalue weighted by Crippen LogP contribution is -2.53. The molecule has 1 heterocycles. The zero-order valence-electron chi connectivity index (χ0n) is 16.1. The highest BCUT2D eigenvalue weighted by atomic mass is 16.2. The van der Waals surface area contributed by atoms with Crippen LogP contribution in [-0.4, -0.2) is 44.7 Å². The molecule has 1 aliphatic rings. The van der Waals surface area contributed by atoms with Crippen LogP contribution in [0.2, 0.25) is 0 Å². The van der Waals surface area contributed by atoms with Gasteiger partial charge in [0.15, 0.2) is 5.82 Å². The van der Waals surface area contributed by atoms with Gasteiger partial charge >= 0.3 is 6.03 Å². The van der Waals surface area contributed by atoms with Crippen LogP contribution in [0, 0.1) is 13.8 Å². The fraction of sp³-hybridized carbons (Fsp3) is 0.579. The van der Waals surface area contributed by atoms with Gasteiger partial charge in [0.25, 0.3) is 0 Å². The van der Waals surface area contributed by atoms with Gasteiger partial charge < -0.3 is 10.2 Å². The Labute approximate surface area is 154 Å². The number of benzene rings is 1. The van der Waals surface area contributed by atoms with Crippen molar-refractivity contribution >= 4 is 6.03 Å². The van der Waals surface area contributed by atoms with E-state index in [4.69, 9.17) is 0 Å². The lowest BCUT2D eigenvalue weighted by atomic mass is 9.79. The van der Waals surface area contributed by atoms with Crippen molar-refractivity contribution in [2.45, 2.75) is 58.4 Å². The first-order valence-corrected chi connectivity index (χ1v) is 9.38. The number of carbonyl (C=O) groups is 1. The van der Waals surface area contributed by atoms with E-state index >= 15 is 0 Å². The fourth-order valence-electron chi connectivity index (χ4n) is 3.99. The first-order valence-electron chi connectivity index (χ1n) is 9.38. The van der Waals surface area contributed by atoms with Gasteiger partial charge in [-0.15, -0.1) is 5.10 Å². The van der Waals surface area contributed by atoms with E-state index in [9.17, 15) is 4.79 Å². The zero-order chi connectivity index (χ0) is 18.7. The number of tetrazole rings is 1. The number of carbonyl (C=O) groups excluding carboxylic acids is 1. The topological polar surface area (TPSA) is 75.9 Å². The van der Waals surface area contributed by atoms with Crippen LogP contribution in [-0.2, 0) is 5.54 Å². The van der Waals surface area contributed by atoms with E-state index in [-0.39, 0.29) is 6.03 Å². The molecule has 1 fully saturated rings. The van der Waals surface area contributed by atoms with Crippen molar-refractivity contribution in [3.05, 3.63) is 35.2 Å². The zero-order valence-corrected chi connectivity index (χ0v) is 16.1. The quantitative estimate of drug-likeness (QED) is 0.913. The maximum Gasteiger partial charge on any atom is 0.317 e. The lowest BCUT2D eigenvalue weighted by Gasteiger charge is -2.43. The van der Waals surface area contributed by atoms with Gasteiger partial charge in [0.05, 0.1) is 5.69 Å². The molecule has 0 spiro atoms. The Morgan fingerprint density at radius 3 is 2.65 bits per heavy atom. The van der Waals surface area contributed by atoms with Gasteiger partial charge in [-0.3, -0.25) is 0 Å². The largest absolute Gasteiger partial charge is 0.338 e. The number of rotatable bonds is 4. The Morgan fingerprint density at radius 2 is 2.00 bits per heavy atom. The Balaban J connectivity index is 2.09. The predicted octanol–water partition coefficient (Wildman–Crippen LogP) is 3.10. The molecule has 7 heteroatoms. The molecule has 0 bridgehead atoms. The van der Waals surface area contributed by atoms with Crippen LogP contribution in [0.4, 0.5) is 4.79 Å². The highest BCUT2D eigenvalue weighted by Gasteiger charge is 2.44. The molecule has 0 aliphatic heterocycles. The second-order valence-electron chi connectivity index (χ2n) is 7.19. The number of urea groups is 1. The van der Waals surface area contributed by atoms with Gasteiger partial charge in [-0.25, -0.2) is 4.79 Å². The van der Waals surface area contributed by atoms with Crippen LogP contribution >= 0.6 is 0 Å². The highest BCUT2D eigenvalue weighted by molar-refractivity contribution is 5.75. The molecular weight excluding hydrogens is 328 g/mol. The number of hydrogen-bond donors (Lipinski definition) is 1. The molecule has 3 rings (SSSR count). The molecule has 1 aromatic carbocycles. The maximum absolute atomic E-state index is 12.6. The molecule has 0 saturated heterocycles. The molecule has 1 N–H and O–H groups in total. The fourth-order valence-corrected chi connectivity index (χ4v) is 3.99. The average Bonchev–Trinajstić information content (AvgIpc) is 3.12. The molecule has 1 aliphatic carbocycles. The number of aromatic nitrogens is 4. The molecular formula is C19H28N6O. The number of nitrogens with one attached hydrogen (secondary N) is 1.